The average molecular weight is 324 g/mol. The molecular weight excluding hydrogens is 310 g/mol. The lowest BCUT2D eigenvalue weighted by Gasteiger charge is -2.10. The minimum Gasteiger partial charge on any atom is -0.485 e. The smallest absolute Gasteiger partial charge is 0.358 e. The number of aromatic carboxylic acids is 1. The van der Waals surface area contributed by atoms with Crippen molar-refractivity contribution in [3.05, 3.63) is 58.3 Å². The molecule has 0 aliphatic heterocycles. The number of carboxylic acid groups (broad SMARTS) is 1. The number of carboxylic acids is 1. The lowest BCUT2D eigenvalue weighted by atomic mass is 10.2. The fourth-order valence-corrected chi connectivity index (χ4v) is 1.86. The minimum absolute atomic E-state index is 0. The van der Waals surface area contributed by atoms with Crippen molar-refractivity contribution in [3.8, 4) is 5.75 Å². The molecule has 0 amide bonds. The van der Waals surface area contributed by atoms with Crippen molar-refractivity contribution < 1.29 is 14.6 Å². The van der Waals surface area contributed by atoms with Crippen LogP contribution in [0, 0.1) is 0 Å². The largest absolute Gasteiger partial charge is 0.485 e. The van der Waals surface area contributed by atoms with Gasteiger partial charge in [0.15, 0.2) is 11.4 Å². The Morgan fingerprint density at radius 1 is 1.26 bits per heavy atom. The highest BCUT2D eigenvalue weighted by Crippen LogP contribution is 2.28. The summed E-state index contributed by atoms with van der Waals surface area (Å²) in [5, 5.41) is 9.02. The fraction of sp³-hybridized carbons (Fsp3) is 0.143. The topological polar surface area (TPSA) is 59.4 Å². The van der Waals surface area contributed by atoms with Gasteiger partial charge >= 0.3 is 5.97 Å². The van der Waals surface area contributed by atoms with E-state index in [4.69, 9.17) is 9.84 Å². The van der Waals surface area contributed by atoms with Gasteiger partial charge in [-0.25, -0.2) is 9.78 Å². The van der Waals surface area contributed by atoms with Gasteiger partial charge in [0, 0.05) is 6.20 Å². The summed E-state index contributed by atoms with van der Waals surface area (Å²) in [4.78, 5) is 14.8. The number of rotatable bonds is 4. The zero-order chi connectivity index (χ0) is 13.0. The van der Waals surface area contributed by atoms with Gasteiger partial charge in [-0.1, -0.05) is 37.8 Å². The number of hydrogen-bond acceptors (Lipinski definition) is 3. The first-order chi connectivity index (χ1) is 8.68. The Morgan fingerprint density at radius 3 is 2.58 bits per heavy atom. The summed E-state index contributed by atoms with van der Waals surface area (Å²) in [6, 6.07) is 11.2. The molecular formula is C14H14BrNO3. The van der Waals surface area contributed by atoms with Crippen LogP contribution in [0.3, 0.4) is 0 Å². The second-order valence-electron chi connectivity index (χ2n) is 3.55. The normalized spacial score (nSPS) is 9.53. The molecule has 0 atom stereocenters. The molecule has 19 heavy (non-hydrogen) atoms. The molecule has 5 heteroatoms. The number of hydrogen-bond donors (Lipinski definition) is 1. The summed E-state index contributed by atoms with van der Waals surface area (Å²) in [7, 11) is 0. The molecule has 0 aliphatic carbocycles. The van der Waals surface area contributed by atoms with Crippen molar-refractivity contribution in [2.75, 3.05) is 0 Å². The summed E-state index contributed by atoms with van der Waals surface area (Å²) >= 11 is 3.26. The van der Waals surface area contributed by atoms with Crippen LogP contribution in [0.25, 0.3) is 0 Å². The molecule has 1 N–H and O–H groups in total. The van der Waals surface area contributed by atoms with E-state index in [1.54, 1.807) is 6.07 Å². The Balaban J connectivity index is 0.00000180. The van der Waals surface area contributed by atoms with E-state index in [0.717, 1.165) is 5.56 Å². The van der Waals surface area contributed by atoms with Crippen molar-refractivity contribution in [2.45, 2.75) is 14.0 Å². The first-order valence-corrected chi connectivity index (χ1v) is 6.02. The molecule has 0 unspecified atom stereocenters. The molecule has 100 valence electrons. The Morgan fingerprint density at radius 2 is 1.95 bits per heavy atom. The van der Waals surface area contributed by atoms with Crippen molar-refractivity contribution in [3.63, 3.8) is 0 Å². The monoisotopic (exact) mass is 323 g/mol. The number of carbonyl (C=O) groups is 1. The van der Waals surface area contributed by atoms with Crippen molar-refractivity contribution >= 4 is 21.9 Å². The third-order valence-corrected chi connectivity index (χ3v) is 2.91. The molecule has 4 nitrogen and oxygen atoms in total. The van der Waals surface area contributed by atoms with Crippen molar-refractivity contribution in [2.24, 2.45) is 0 Å². The SMILES string of the molecule is C.O=C(O)c1nccc(Br)c1OCc1ccccc1. The van der Waals surface area contributed by atoms with Crippen LogP contribution in [0.4, 0.5) is 0 Å². The van der Waals surface area contributed by atoms with E-state index < -0.39 is 5.97 Å². The van der Waals surface area contributed by atoms with E-state index in [1.807, 2.05) is 30.3 Å². The van der Waals surface area contributed by atoms with E-state index >= 15 is 0 Å². The lowest BCUT2D eigenvalue weighted by molar-refractivity contribution is 0.0684. The van der Waals surface area contributed by atoms with Gasteiger partial charge in [0.25, 0.3) is 0 Å². The number of benzene rings is 1. The maximum atomic E-state index is 11.0. The minimum atomic E-state index is -1.11. The predicted molar refractivity (Wildman–Crippen MR) is 76.4 cm³/mol. The number of ether oxygens (including phenoxy) is 1. The molecule has 0 aliphatic rings. The highest BCUT2D eigenvalue weighted by molar-refractivity contribution is 9.10. The predicted octanol–water partition coefficient (Wildman–Crippen LogP) is 3.76. The van der Waals surface area contributed by atoms with Gasteiger partial charge in [0.2, 0.25) is 0 Å². The summed E-state index contributed by atoms with van der Waals surface area (Å²) < 4.78 is 6.10. The van der Waals surface area contributed by atoms with E-state index in [1.165, 1.54) is 6.20 Å². The van der Waals surface area contributed by atoms with Crippen LogP contribution in [0.1, 0.15) is 23.5 Å². The molecule has 0 bridgehead atoms. The van der Waals surface area contributed by atoms with Crippen LogP contribution >= 0.6 is 15.9 Å². The second kappa shape index (κ2) is 6.89. The van der Waals surface area contributed by atoms with Gasteiger partial charge in [-0.15, -0.1) is 0 Å². The molecule has 0 spiro atoms. The average Bonchev–Trinajstić information content (AvgIpc) is 2.38. The van der Waals surface area contributed by atoms with Crippen LogP contribution in [0.15, 0.2) is 47.1 Å². The zero-order valence-electron chi connectivity index (χ0n) is 9.34. The fourth-order valence-electron chi connectivity index (χ4n) is 1.44. The second-order valence-corrected chi connectivity index (χ2v) is 4.40. The molecule has 0 fully saturated rings. The van der Waals surface area contributed by atoms with Crippen molar-refractivity contribution in [1.82, 2.24) is 4.98 Å². The Kier molecular flexibility index (Phi) is 5.51. The van der Waals surface area contributed by atoms with Crippen molar-refractivity contribution in [1.29, 1.82) is 0 Å². The first-order valence-electron chi connectivity index (χ1n) is 5.23. The molecule has 0 radical (unpaired) electrons. The van der Waals surface area contributed by atoms with Gasteiger partial charge in [-0.05, 0) is 27.6 Å². The summed E-state index contributed by atoms with van der Waals surface area (Å²) in [5.41, 5.74) is 0.866. The quantitative estimate of drug-likeness (QED) is 0.930. The maximum Gasteiger partial charge on any atom is 0.358 e. The number of nitrogens with zero attached hydrogens (tertiary/aromatic N) is 1. The number of halogens is 1. The van der Waals surface area contributed by atoms with Gasteiger partial charge in [-0.3, -0.25) is 0 Å². The standard InChI is InChI=1S/C13H10BrNO3.CH4/c14-10-6-7-15-11(13(16)17)12(10)18-8-9-4-2-1-3-5-9;/h1-7H,8H2,(H,16,17);1H4. The first kappa shape index (κ1) is 15.2. The Labute approximate surface area is 120 Å². The van der Waals surface area contributed by atoms with E-state index in [2.05, 4.69) is 20.9 Å². The van der Waals surface area contributed by atoms with E-state index in [-0.39, 0.29) is 18.9 Å². The molecule has 0 saturated carbocycles. The van der Waals surface area contributed by atoms with E-state index in [0.29, 0.717) is 11.1 Å². The number of pyridine rings is 1. The van der Waals surface area contributed by atoms with Gasteiger partial charge in [0.05, 0.1) is 4.47 Å². The molecule has 1 aromatic heterocycles. The summed E-state index contributed by atoms with van der Waals surface area (Å²) in [6.07, 6.45) is 1.42. The van der Waals surface area contributed by atoms with Crippen LogP contribution in [0.2, 0.25) is 0 Å². The molecule has 1 aromatic carbocycles. The Bertz CT molecular complexity index is 558. The van der Waals surface area contributed by atoms with Gasteiger partial charge < -0.3 is 9.84 Å². The van der Waals surface area contributed by atoms with Crippen LogP contribution in [0.5, 0.6) is 5.75 Å². The molecule has 2 aromatic rings. The molecule has 1 heterocycles. The highest BCUT2D eigenvalue weighted by atomic mass is 79.9. The Hall–Kier alpha value is -1.88. The zero-order valence-corrected chi connectivity index (χ0v) is 10.9. The van der Waals surface area contributed by atoms with Gasteiger partial charge in [-0.2, -0.15) is 0 Å². The van der Waals surface area contributed by atoms with Crippen LogP contribution < -0.4 is 4.74 Å². The third kappa shape index (κ3) is 3.79. The lowest BCUT2D eigenvalue weighted by Crippen LogP contribution is -2.06. The number of aromatic nitrogens is 1. The van der Waals surface area contributed by atoms with Gasteiger partial charge in [0.1, 0.15) is 6.61 Å². The molecule has 0 saturated heterocycles. The highest BCUT2D eigenvalue weighted by Gasteiger charge is 2.16. The van der Waals surface area contributed by atoms with Crippen LogP contribution in [-0.4, -0.2) is 16.1 Å². The maximum absolute atomic E-state index is 11.0. The summed E-state index contributed by atoms with van der Waals surface area (Å²) in [5.74, 6) is -0.867. The van der Waals surface area contributed by atoms with E-state index in [9.17, 15) is 4.79 Å². The third-order valence-electron chi connectivity index (χ3n) is 2.29. The molecule has 2 rings (SSSR count). The van der Waals surface area contributed by atoms with Crippen LogP contribution in [-0.2, 0) is 6.61 Å². The summed E-state index contributed by atoms with van der Waals surface area (Å²) in [6.45, 7) is 0.297.